The normalized spacial score (nSPS) is 12.5. The average molecular weight is 327 g/mol. The van der Waals surface area contributed by atoms with E-state index in [1.165, 1.54) is 0 Å². The molecule has 1 aromatic carbocycles. The average Bonchev–Trinajstić information content (AvgIpc) is 2.71. The predicted molar refractivity (Wildman–Crippen MR) is 73.3 cm³/mol. The van der Waals surface area contributed by atoms with Crippen LogP contribution in [-0.2, 0) is 0 Å². The second-order valence-corrected chi connectivity index (χ2v) is 5.34. The molecule has 8 heteroatoms. The monoisotopic (exact) mass is 325 g/mol. The Hall–Kier alpha value is -0.680. The van der Waals surface area contributed by atoms with E-state index in [9.17, 15) is 0 Å². The van der Waals surface area contributed by atoms with Gasteiger partial charge in [-0.05, 0) is 19.1 Å². The standard InChI is InChI=1S/C10H7Cl4N3O/c1-4(11)9-16-17-10(18-9)15-8-6(13)2-5(12)3-7(8)14/h2-4H,1H3,(H,15,17). The SMILES string of the molecule is CC(Cl)c1nnc(Nc2c(Cl)cc(Cl)cc2Cl)o1. The minimum absolute atomic E-state index is 0.156. The fourth-order valence-corrected chi connectivity index (χ4v) is 2.21. The molecule has 1 aromatic heterocycles. The summed E-state index contributed by atoms with van der Waals surface area (Å²) in [6, 6.07) is 3.26. The van der Waals surface area contributed by atoms with Gasteiger partial charge in [0.05, 0.1) is 15.7 Å². The summed E-state index contributed by atoms with van der Waals surface area (Å²) in [5.74, 6) is 0.306. The van der Waals surface area contributed by atoms with Gasteiger partial charge in [-0.15, -0.1) is 16.7 Å². The van der Waals surface area contributed by atoms with Crippen molar-refractivity contribution in [2.45, 2.75) is 12.3 Å². The number of benzene rings is 1. The van der Waals surface area contributed by atoms with Crippen molar-refractivity contribution in [3.8, 4) is 0 Å². The lowest BCUT2D eigenvalue weighted by Crippen LogP contribution is -1.92. The van der Waals surface area contributed by atoms with E-state index in [0.717, 1.165) is 0 Å². The Bertz CT molecular complexity index is 547. The Morgan fingerprint density at radius 1 is 1.17 bits per heavy atom. The van der Waals surface area contributed by atoms with E-state index < -0.39 is 0 Å². The van der Waals surface area contributed by atoms with Gasteiger partial charge >= 0.3 is 6.01 Å². The molecule has 0 bridgehead atoms. The summed E-state index contributed by atoms with van der Waals surface area (Å²) in [6.07, 6.45) is 0. The molecule has 1 N–H and O–H groups in total. The Morgan fingerprint density at radius 3 is 2.28 bits per heavy atom. The summed E-state index contributed by atoms with van der Waals surface area (Å²) in [5.41, 5.74) is 0.445. The van der Waals surface area contributed by atoms with Gasteiger partial charge in [0.2, 0.25) is 5.89 Å². The molecule has 0 amide bonds. The van der Waals surface area contributed by atoms with Crippen molar-refractivity contribution in [2.24, 2.45) is 0 Å². The van der Waals surface area contributed by atoms with Crippen molar-refractivity contribution in [1.82, 2.24) is 10.2 Å². The van der Waals surface area contributed by atoms with Crippen LogP contribution in [0.5, 0.6) is 0 Å². The number of halogens is 4. The minimum Gasteiger partial charge on any atom is -0.406 e. The molecule has 0 aliphatic heterocycles. The first-order chi connectivity index (χ1) is 8.47. The molecule has 0 aliphatic carbocycles. The summed E-state index contributed by atoms with van der Waals surface area (Å²) in [6.45, 7) is 1.72. The van der Waals surface area contributed by atoms with Crippen molar-refractivity contribution in [2.75, 3.05) is 5.32 Å². The Balaban J connectivity index is 2.28. The lowest BCUT2D eigenvalue weighted by atomic mass is 10.3. The fourth-order valence-electron chi connectivity index (χ4n) is 1.21. The Kier molecular flexibility index (Phi) is 4.22. The number of aromatic nitrogens is 2. The first-order valence-electron chi connectivity index (χ1n) is 4.86. The van der Waals surface area contributed by atoms with Gasteiger partial charge in [0.25, 0.3) is 0 Å². The molecule has 0 saturated heterocycles. The predicted octanol–water partition coefficient (Wildman–Crippen LogP) is 5.07. The smallest absolute Gasteiger partial charge is 0.320 e. The molecule has 4 nitrogen and oxygen atoms in total. The summed E-state index contributed by atoms with van der Waals surface area (Å²) in [5, 5.41) is 11.1. The van der Waals surface area contributed by atoms with Crippen LogP contribution in [0.4, 0.5) is 11.7 Å². The highest BCUT2D eigenvalue weighted by molar-refractivity contribution is 6.41. The molecule has 0 spiro atoms. The third-order valence-electron chi connectivity index (χ3n) is 2.02. The second kappa shape index (κ2) is 5.53. The zero-order valence-electron chi connectivity index (χ0n) is 9.05. The first-order valence-corrected chi connectivity index (χ1v) is 6.43. The zero-order chi connectivity index (χ0) is 13.3. The van der Waals surface area contributed by atoms with E-state index in [1.54, 1.807) is 19.1 Å². The highest BCUT2D eigenvalue weighted by atomic mass is 35.5. The van der Waals surface area contributed by atoms with Crippen LogP contribution in [0.1, 0.15) is 18.2 Å². The Morgan fingerprint density at radius 2 is 1.78 bits per heavy atom. The van der Waals surface area contributed by atoms with Crippen molar-refractivity contribution in [1.29, 1.82) is 0 Å². The summed E-state index contributed by atoms with van der Waals surface area (Å²) >= 11 is 23.6. The number of anilines is 2. The van der Waals surface area contributed by atoms with E-state index >= 15 is 0 Å². The largest absolute Gasteiger partial charge is 0.406 e. The van der Waals surface area contributed by atoms with Crippen LogP contribution in [0.2, 0.25) is 15.1 Å². The van der Waals surface area contributed by atoms with Gasteiger partial charge in [0.1, 0.15) is 5.38 Å². The summed E-state index contributed by atoms with van der Waals surface area (Å²) in [7, 11) is 0. The number of hydrogen-bond donors (Lipinski definition) is 1. The van der Waals surface area contributed by atoms with Crippen LogP contribution >= 0.6 is 46.4 Å². The molecule has 18 heavy (non-hydrogen) atoms. The van der Waals surface area contributed by atoms with Gasteiger partial charge in [-0.25, -0.2) is 0 Å². The zero-order valence-corrected chi connectivity index (χ0v) is 12.1. The highest BCUT2D eigenvalue weighted by Crippen LogP contribution is 2.35. The molecule has 1 unspecified atom stereocenters. The molecular formula is C10H7Cl4N3O. The number of hydrogen-bond acceptors (Lipinski definition) is 4. The van der Waals surface area contributed by atoms with Crippen molar-refractivity contribution in [3.63, 3.8) is 0 Å². The maximum Gasteiger partial charge on any atom is 0.320 e. The van der Waals surface area contributed by atoms with Crippen molar-refractivity contribution < 1.29 is 4.42 Å². The van der Waals surface area contributed by atoms with Gasteiger partial charge in [0.15, 0.2) is 0 Å². The highest BCUT2D eigenvalue weighted by Gasteiger charge is 2.14. The molecule has 0 radical (unpaired) electrons. The minimum atomic E-state index is -0.371. The van der Waals surface area contributed by atoms with Gasteiger partial charge in [-0.1, -0.05) is 39.9 Å². The molecule has 2 aromatic rings. The molecule has 96 valence electrons. The lowest BCUT2D eigenvalue weighted by molar-refractivity contribution is 0.510. The van der Waals surface area contributed by atoms with Crippen molar-refractivity contribution in [3.05, 3.63) is 33.1 Å². The fraction of sp³-hybridized carbons (Fsp3) is 0.200. The van der Waals surface area contributed by atoms with Gasteiger partial charge in [0, 0.05) is 5.02 Å². The second-order valence-electron chi connectivity index (χ2n) is 3.43. The van der Waals surface area contributed by atoms with Gasteiger partial charge in [-0.2, -0.15) is 0 Å². The van der Waals surface area contributed by atoms with Crippen LogP contribution in [0.25, 0.3) is 0 Å². The molecular weight excluding hydrogens is 320 g/mol. The van der Waals surface area contributed by atoms with E-state index in [0.29, 0.717) is 26.6 Å². The van der Waals surface area contributed by atoms with E-state index in [4.69, 9.17) is 50.8 Å². The summed E-state index contributed by atoms with van der Waals surface area (Å²) in [4.78, 5) is 0. The number of alkyl halides is 1. The van der Waals surface area contributed by atoms with E-state index in [2.05, 4.69) is 15.5 Å². The third kappa shape index (κ3) is 3.01. The topological polar surface area (TPSA) is 51.0 Å². The molecule has 1 atom stereocenters. The number of nitrogens with one attached hydrogen (secondary N) is 1. The van der Waals surface area contributed by atoms with E-state index in [1.807, 2.05) is 0 Å². The third-order valence-corrected chi connectivity index (χ3v) is 3.02. The first kappa shape index (κ1) is 13.7. The van der Waals surface area contributed by atoms with Crippen LogP contribution in [-0.4, -0.2) is 10.2 Å². The molecule has 2 rings (SSSR count). The Labute approximate surface area is 123 Å². The van der Waals surface area contributed by atoms with Crippen molar-refractivity contribution >= 4 is 58.1 Å². The summed E-state index contributed by atoms with van der Waals surface area (Å²) < 4.78 is 5.27. The lowest BCUT2D eigenvalue weighted by Gasteiger charge is -2.07. The van der Waals surface area contributed by atoms with E-state index in [-0.39, 0.29) is 11.4 Å². The van der Waals surface area contributed by atoms with Gasteiger partial charge < -0.3 is 9.73 Å². The maximum absolute atomic E-state index is 6.01. The van der Waals surface area contributed by atoms with Gasteiger partial charge in [-0.3, -0.25) is 0 Å². The number of rotatable bonds is 3. The van der Waals surface area contributed by atoms with Crippen LogP contribution in [0.3, 0.4) is 0 Å². The number of nitrogens with zero attached hydrogens (tertiary/aromatic N) is 2. The van der Waals surface area contributed by atoms with Crippen LogP contribution in [0.15, 0.2) is 16.5 Å². The molecule has 0 fully saturated rings. The van der Waals surface area contributed by atoms with Crippen LogP contribution in [0, 0.1) is 0 Å². The molecule has 1 heterocycles. The molecule has 0 aliphatic rings. The quantitative estimate of drug-likeness (QED) is 0.800. The van der Waals surface area contributed by atoms with Crippen LogP contribution < -0.4 is 5.32 Å². The molecule has 0 saturated carbocycles. The maximum atomic E-state index is 6.01.